The first-order valence-corrected chi connectivity index (χ1v) is 17.9. The summed E-state index contributed by atoms with van der Waals surface area (Å²) in [7, 11) is 0. The van der Waals surface area contributed by atoms with Crippen LogP contribution in [0.1, 0.15) is 48.7 Å². The second-order valence-electron chi connectivity index (χ2n) is 13.4. The molecule has 7 aromatic rings. The summed E-state index contributed by atoms with van der Waals surface area (Å²) in [4.78, 5) is 2.49. The molecule has 0 amide bonds. The van der Waals surface area contributed by atoms with Gasteiger partial charge in [-0.3, -0.25) is 0 Å². The molecule has 246 valence electrons. The number of fused-ring (bicyclic) bond motifs is 6. The number of imidazole rings is 1. The van der Waals surface area contributed by atoms with Crippen LogP contribution in [0.3, 0.4) is 0 Å². The molecule has 2 aromatic heterocycles. The summed E-state index contributed by atoms with van der Waals surface area (Å²) in [6.07, 6.45) is 10.3. The second kappa shape index (κ2) is 12.9. The number of hydrogen-bond donors (Lipinski definition) is 0. The van der Waals surface area contributed by atoms with Gasteiger partial charge in [0, 0.05) is 34.9 Å². The van der Waals surface area contributed by atoms with Gasteiger partial charge in [-0.25, -0.2) is 4.57 Å². The summed E-state index contributed by atoms with van der Waals surface area (Å²) in [5, 5.41) is 0. The quantitative estimate of drug-likeness (QED) is 0.155. The number of benzene rings is 5. The van der Waals surface area contributed by atoms with Crippen LogP contribution in [0.25, 0.3) is 45.5 Å². The van der Waals surface area contributed by atoms with E-state index in [9.17, 15) is 0 Å². The van der Waals surface area contributed by atoms with Crippen molar-refractivity contribution >= 4 is 28.8 Å². The van der Waals surface area contributed by atoms with E-state index in [0.29, 0.717) is 12.0 Å². The molecule has 0 spiro atoms. The summed E-state index contributed by atoms with van der Waals surface area (Å²) in [5.41, 5.74) is 13.6. The van der Waals surface area contributed by atoms with Gasteiger partial charge in [-0.05, 0) is 84.5 Å². The molecule has 2 aliphatic heterocycles. The lowest BCUT2D eigenvalue weighted by molar-refractivity contribution is -0.714. The molecule has 0 aliphatic carbocycles. The fourth-order valence-corrected chi connectivity index (χ4v) is 8.42. The molecule has 51 heavy (non-hydrogen) atoms. The van der Waals surface area contributed by atoms with E-state index in [4.69, 9.17) is 0 Å². The lowest BCUT2D eigenvalue weighted by atomic mass is 9.79. The molecule has 4 heterocycles. The fourth-order valence-electron chi connectivity index (χ4n) is 8.42. The Morgan fingerprint density at radius 3 is 2.02 bits per heavy atom. The summed E-state index contributed by atoms with van der Waals surface area (Å²) in [6.45, 7) is 6.70. The third-order valence-electron chi connectivity index (χ3n) is 10.8. The van der Waals surface area contributed by atoms with E-state index in [0.717, 1.165) is 41.4 Å². The summed E-state index contributed by atoms with van der Waals surface area (Å²) >= 11 is 0. The molecule has 5 aromatic carbocycles. The first-order valence-electron chi connectivity index (χ1n) is 17.9. The predicted octanol–water partition coefficient (Wildman–Crippen LogP) is 10.6. The zero-order chi connectivity index (χ0) is 34.3. The maximum atomic E-state index is 4.31. The first kappa shape index (κ1) is 30.8. The van der Waals surface area contributed by atoms with Gasteiger partial charge in [-0.2, -0.15) is 9.13 Å². The third-order valence-corrected chi connectivity index (χ3v) is 10.8. The molecule has 0 saturated carbocycles. The van der Waals surface area contributed by atoms with Crippen LogP contribution in [0, 0.1) is 0 Å². The van der Waals surface area contributed by atoms with Crippen molar-refractivity contribution in [1.29, 1.82) is 0 Å². The SMILES string of the molecule is C=C[n+]1ccn(-c2ccccc2)c1C1=C(CCC2c3ccccc3-c3cccc[n+]3C2C)c2ccccc2-c2ccccc2N1c1ccccc1. The number of anilines is 2. The van der Waals surface area contributed by atoms with Gasteiger partial charge in [-0.15, -0.1) is 0 Å². The predicted molar refractivity (Wildman–Crippen MR) is 208 cm³/mol. The highest BCUT2D eigenvalue weighted by Crippen LogP contribution is 2.51. The minimum Gasteiger partial charge on any atom is -0.302 e. The maximum Gasteiger partial charge on any atom is 0.316 e. The number of rotatable bonds is 7. The van der Waals surface area contributed by atoms with Gasteiger partial charge in [0.25, 0.3) is 0 Å². The van der Waals surface area contributed by atoms with Crippen molar-refractivity contribution in [3.8, 4) is 28.1 Å². The van der Waals surface area contributed by atoms with Crippen molar-refractivity contribution in [3.63, 3.8) is 0 Å². The third kappa shape index (κ3) is 5.14. The Balaban J connectivity index is 1.33. The average Bonchev–Trinajstić information content (AvgIpc) is 3.58. The van der Waals surface area contributed by atoms with E-state index in [1.54, 1.807) is 0 Å². The van der Waals surface area contributed by atoms with Gasteiger partial charge < -0.3 is 4.90 Å². The van der Waals surface area contributed by atoms with Gasteiger partial charge in [0.05, 0.1) is 11.9 Å². The highest BCUT2D eigenvalue weighted by atomic mass is 15.2. The van der Waals surface area contributed by atoms with Crippen molar-refractivity contribution in [2.45, 2.75) is 31.7 Å². The lowest BCUT2D eigenvalue weighted by Gasteiger charge is -2.30. The number of aromatic nitrogens is 3. The Morgan fingerprint density at radius 1 is 0.627 bits per heavy atom. The topological polar surface area (TPSA) is 15.9 Å². The zero-order valence-electron chi connectivity index (χ0n) is 28.8. The smallest absolute Gasteiger partial charge is 0.302 e. The Morgan fingerprint density at radius 2 is 1.25 bits per heavy atom. The molecule has 0 bridgehead atoms. The van der Waals surface area contributed by atoms with Gasteiger partial charge in [-0.1, -0.05) is 104 Å². The van der Waals surface area contributed by atoms with Crippen molar-refractivity contribution in [2.24, 2.45) is 0 Å². The minimum absolute atomic E-state index is 0.301. The molecule has 0 N–H and O–H groups in total. The van der Waals surface area contributed by atoms with Crippen molar-refractivity contribution in [2.75, 3.05) is 4.90 Å². The van der Waals surface area contributed by atoms with Crippen LogP contribution in [0.15, 0.2) is 177 Å². The van der Waals surface area contributed by atoms with Crippen LogP contribution in [-0.2, 0) is 0 Å². The number of hydrogen-bond acceptors (Lipinski definition) is 1. The molecule has 9 rings (SSSR count). The lowest BCUT2D eigenvalue weighted by Crippen LogP contribution is -2.45. The molecule has 2 aliphatic rings. The minimum atomic E-state index is 0.301. The van der Waals surface area contributed by atoms with E-state index in [-0.39, 0.29) is 0 Å². The van der Waals surface area contributed by atoms with Gasteiger partial charge >= 0.3 is 5.82 Å². The van der Waals surface area contributed by atoms with Crippen LogP contribution in [0.4, 0.5) is 11.4 Å². The zero-order valence-corrected chi connectivity index (χ0v) is 28.8. The molecular weight excluding hydrogens is 621 g/mol. The molecule has 0 saturated heterocycles. The Bertz CT molecular complexity index is 2420. The molecule has 2 unspecified atom stereocenters. The van der Waals surface area contributed by atoms with Crippen LogP contribution < -0.4 is 14.0 Å². The molecule has 4 heteroatoms. The summed E-state index contributed by atoms with van der Waals surface area (Å²) in [6, 6.07) is 55.2. The molecule has 4 nitrogen and oxygen atoms in total. The van der Waals surface area contributed by atoms with Gasteiger partial charge in [0.1, 0.15) is 23.8 Å². The standard InChI is InChI=1S/C47H40N4/c1-3-48-32-33-50(35-18-6-4-7-19-35)47(48)46-43(30-29-37-34(2)49-31-17-16-27-44(49)41-25-13-12-22-38(37)41)40-24-11-10-23-39(40)42-26-14-15-28-45(42)51(46)36-20-8-5-9-21-36/h3-28,31-34,37H,1,29-30H2,2H3/q+2. The van der Waals surface area contributed by atoms with Crippen LogP contribution in [0.2, 0.25) is 0 Å². The number of nitrogens with zero attached hydrogens (tertiary/aromatic N) is 4. The van der Waals surface area contributed by atoms with E-state index < -0.39 is 0 Å². The summed E-state index contributed by atoms with van der Waals surface area (Å²) in [5.74, 6) is 1.38. The van der Waals surface area contributed by atoms with E-state index >= 15 is 0 Å². The maximum absolute atomic E-state index is 4.31. The molecule has 0 fully saturated rings. The van der Waals surface area contributed by atoms with E-state index in [1.807, 2.05) is 6.20 Å². The van der Waals surface area contributed by atoms with Crippen molar-refractivity contribution < 1.29 is 9.13 Å². The van der Waals surface area contributed by atoms with Crippen molar-refractivity contribution in [1.82, 2.24) is 4.57 Å². The number of pyridine rings is 1. The Kier molecular flexibility index (Phi) is 7.78. The number of allylic oxidation sites excluding steroid dienone is 1. The molecular formula is C47H40N4+2. The Labute approximate surface area is 300 Å². The van der Waals surface area contributed by atoms with Crippen molar-refractivity contribution in [3.05, 3.63) is 194 Å². The Hall–Kier alpha value is -6.26. The van der Waals surface area contributed by atoms with Gasteiger partial charge in [0.15, 0.2) is 12.2 Å². The average molecular weight is 661 g/mol. The highest BCUT2D eigenvalue weighted by Gasteiger charge is 2.39. The van der Waals surface area contributed by atoms with E-state index in [1.165, 1.54) is 39.1 Å². The van der Waals surface area contributed by atoms with Crippen LogP contribution >= 0.6 is 0 Å². The van der Waals surface area contributed by atoms with Crippen LogP contribution in [0.5, 0.6) is 0 Å². The van der Waals surface area contributed by atoms with Gasteiger partial charge in [0.2, 0.25) is 5.69 Å². The second-order valence-corrected chi connectivity index (χ2v) is 13.4. The highest BCUT2D eigenvalue weighted by molar-refractivity contribution is 6.08. The molecule has 0 radical (unpaired) electrons. The first-order chi connectivity index (χ1) is 25.2. The fraction of sp³-hybridized carbons (Fsp3) is 0.106. The normalized spacial score (nSPS) is 16.1. The summed E-state index contributed by atoms with van der Waals surface area (Å²) < 4.78 is 6.97. The number of para-hydroxylation sites is 3. The monoisotopic (exact) mass is 660 g/mol. The molecule has 2 atom stereocenters. The largest absolute Gasteiger partial charge is 0.316 e. The van der Waals surface area contributed by atoms with Crippen LogP contribution in [-0.4, -0.2) is 4.57 Å². The van der Waals surface area contributed by atoms with E-state index in [2.05, 4.69) is 202 Å².